The molecule has 0 saturated carbocycles. The first-order valence-electron chi connectivity index (χ1n) is 5.70. The van der Waals surface area contributed by atoms with Gasteiger partial charge in [0.2, 0.25) is 0 Å². The van der Waals surface area contributed by atoms with Gasteiger partial charge in [-0.3, -0.25) is 18.7 Å². The van der Waals surface area contributed by atoms with Gasteiger partial charge in [-0.05, 0) is 12.0 Å². The molecule has 0 amide bonds. The Morgan fingerprint density at radius 1 is 1.29 bits per heavy atom. The summed E-state index contributed by atoms with van der Waals surface area (Å²) in [6.45, 7) is 4.68. The zero-order valence-corrected chi connectivity index (χ0v) is 9.75. The van der Waals surface area contributed by atoms with Crippen molar-refractivity contribution in [2.24, 2.45) is 5.92 Å². The molecule has 0 aliphatic carbocycles. The van der Waals surface area contributed by atoms with Crippen molar-refractivity contribution in [3.8, 4) is 0 Å². The third kappa shape index (κ3) is 1.28. The van der Waals surface area contributed by atoms with Crippen LogP contribution in [0.25, 0.3) is 11.2 Å². The van der Waals surface area contributed by atoms with Gasteiger partial charge in [-0.25, -0.2) is 4.98 Å². The lowest BCUT2D eigenvalue weighted by Gasteiger charge is -2.16. The maximum Gasteiger partial charge on any atom is 0.270 e. The molecule has 2 aromatic rings. The molecule has 1 aliphatic heterocycles. The van der Waals surface area contributed by atoms with Gasteiger partial charge >= 0.3 is 0 Å². The van der Waals surface area contributed by atoms with Crippen molar-refractivity contribution >= 4 is 11.2 Å². The Morgan fingerprint density at radius 3 is 2.76 bits per heavy atom. The van der Waals surface area contributed by atoms with E-state index in [1.165, 1.54) is 12.3 Å². The molecular formula is C12H13N3O2. The first-order valence-corrected chi connectivity index (χ1v) is 5.70. The van der Waals surface area contributed by atoms with E-state index in [4.69, 9.17) is 0 Å². The van der Waals surface area contributed by atoms with Gasteiger partial charge in [0, 0.05) is 12.6 Å². The van der Waals surface area contributed by atoms with Crippen molar-refractivity contribution in [3.05, 3.63) is 39.0 Å². The SMILES string of the molecule is CC(C)C1Cn2c(=O)ccc3ncc(=O)n1c32. The minimum atomic E-state index is -0.131. The third-order valence-corrected chi connectivity index (χ3v) is 3.39. The molecule has 0 fully saturated rings. The summed E-state index contributed by atoms with van der Waals surface area (Å²) < 4.78 is 3.35. The zero-order chi connectivity index (χ0) is 12.2. The highest BCUT2D eigenvalue weighted by Crippen LogP contribution is 2.27. The number of hydrogen-bond acceptors (Lipinski definition) is 3. The van der Waals surface area contributed by atoms with Crippen LogP contribution in [-0.4, -0.2) is 14.1 Å². The smallest absolute Gasteiger partial charge is 0.270 e. The van der Waals surface area contributed by atoms with E-state index >= 15 is 0 Å². The van der Waals surface area contributed by atoms with Gasteiger partial charge in [0.1, 0.15) is 11.2 Å². The largest absolute Gasteiger partial charge is 0.291 e. The Bertz CT molecular complexity index is 706. The van der Waals surface area contributed by atoms with Crippen LogP contribution in [0.3, 0.4) is 0 Å². The molecule has 1 aliphatic rings. The van der Waals surface area contributed by atoms with Crippen molar-refractivity contribution < 1.29 is 0 Å². The van der Waals surface area contributed by atoms with Crippen molar-refractivity contribution in [1.29, 1.82) is 0 Å². The van der Waals surface area contributed by atoms with Crippen LogP contribution in [0, 0.1) is 5.92 Å². The second kappa shape index (κ2) is 3.29. The van der Waals surface area contributed by atoms with Crippen molar-refractivity contribution in [2.75, 3.05) is 0 Å². The van der Waals surface area contributed by atoms with Crippen LogP contribution in [0.15, 0.2) is 27.9 Å². The highest BCUT2D eigenvalue weighted by Gasteiger charge is 2.28. The van der Waals surface area contributed by atoms with Crippen LogP contribution in [0.2, 0.25) is 0 Å². The van der Waals surface area contributed by atoms with Crippen LogP contribution in [0.4, 0.5) is 0 Å². The van der Waals surface area contributed by atoms with E-state index in [9.17, 15) is 9.59 Å². The molecule has 0 saturated heterocycles. The highest BCUT2D eigenvalue weighted by atomic mass is 16.1. The fourth-order valence-electron chi connectivity index (χ4n) is 2.48. The summed E-state index contributed by atoms with van der Waals surface area (Å²) >= 11 is 0. The molecule has 1 atom stereocenters. The number of nitrogens with zero attached hydrogens (tertiary/aromatic N) is 3. The van der Waals surface area contributed by atoms with Crippen LogP contribution >= 0.6 is 0 Å². The maximum absolute atomic E-state index is 11.9. The first-order chi connectivity index (χ1) is 8.09. The molecule has 0 N–H and O–H groups in total. The van der Waals surface area contributed by atoms with Crippen LogP contribution in [-0.2, 0) is 6.54 Å². The van der Waals surface area contributed by atoms with Gasteiger partial charge < -0.3 is 0 Å². The molecule has 0 aromatic carbocycles. The van der Waals surface area contributed by atoms with E-state index in [2.05, 4.69) is 18.8 Å². The molecule has 5 nitrogen and oxygen atoms in total. The van der Waals surface area contributed by atoms with E-state index in [1.54, 1.807) is 15.2 Å². The second-order valence-corrected chi connectivity index (χ2v) is 4.77. The molecule has 17 heavy (non-hydrogen) atoms. The Hall–Kier alpha value is -1.91. The zero-order valence-electron chi connectivity index (χ0n) is 9.75. The summed E-state index contributed by atoms with van der Waals surface area (Å²) in [5.74, 6) is 0.303. The molecular weight excluding hydrogens is 218 g/mol. The van der Waals surface area contributed by atoms with Gasteiger partial charge in [0.15, 0.2) is 0 Å². The molecule has 5 heteroatoms. The predicted molar refractivity (Wildman–Crippen MR) is 64.1 cm³/mol. The monoisotopic (exact) mass is 231 g/mol. The van der Waals surface area contributed by atoms with Gasteiger partial charge in [0.25, 0.3) is 11.1 Å². The molecule has 3 rings (SSSR count). The summed E-state index contributed by atoms with van der Waals surface area (Å²) in [4.78, 5) is 27.8. The maximum atomic E-state index is 11.9. The number of rotatable bonds is 1. The Labute approximate surface area is 97.3 Å². The van der Waals surface area contributed by atoms with Gasteiger partial charge in [-0.1, -0.05) is 13.8 Å². The normalized spacial score (nSPS) is 18.2. The molecule has 0 radical (unpaired) electrons. The number of pyridine rings is 1. The molecule has 3 heterocycles. The van der Waals surface area contributed by atoms with Gasteiger partial charge in [-0.15, -0.1) is 0 Å². The lowest BCUT2D eigenvalue weighted by Crippen LogP contribution is -2.25. The molecule has 1 unspecified atom stereocenters. The molecule has 2 aromatic heterocycles. The minimum Gasteiger partial charge on any atom is -0.291 e. The number of aromatic nitrogens is 3. The number of hydrogen-bond donors (Lipinski definition) is 0. The molecule has 0 bridgehead atoms. The van der Waals surface area contributed by atoms with E-state index in [0.717, 1.165) is 0 Å². The van der Waals surface area contributed by atoms with E-state index in [0.29, 0.717) is 23.6 Å². The quantitative estimate of drug-likeness (QED) is 0.728. The highest BCUT2D eigenvalue weighted by molar-refractivity contribution is 5.71. The van der Waals surface area contributed by atoms with Crippen molar-refractivity contribution in [3.63, 3.8) is 0 Å². The van der Waals surface area contributed by atoms with E-state index in [1.807, 2.05) is 0 Å². The second-order valence-electron chi connectivity index (χ2n) is 4.77. The summed E-state index contributed by atoms with van der Waals surface area (Å²) in [5, 5.41) is 0. The van der Waals surface area contributed by atoms with Crippen LogP contribution in [0.5, 0.6) is 0 Å². The van der Waals surface area contributed by atoms with Gasteiger partial charge in [-0.2, -0.15) is 0 Å². The summed E-state index contributed by atoms with van der Waals surface area (Å²) in [6, 6.07) is 3.22. The summed E-state index contributed by atoms with van der Waals surface area (Å²) in [7, 11) is 0. The molecule has 88 valence electrons. The van der Waals surface area contributed by atoms with Crippen LogP contribution in [0.1, 0.15) is 19.9 Å². The Kier molecular flexibility index (Phi) is 1.98. The first kappa shape index (κ1) is 10.3. The summed E-state index contributed by atoms with van der Waals surface area (Å²) in [6.07, 6.45) is 1.33. The average Bonchev–Trinajstić information content (AvgIpc) is 2.69. The Morgan fingerprint density at radius 2 is 2.06 bits per heavy atom. The lowest BCUT2D eigenvalue weighted by molar-refractivity contribution is 0.367. The summed E-state index contributed by atoms with van der Waals surface area (Å²) in [5.41, 5.74) is 1.16. The molecule has 0 spiro atoms. The van der Waals surface area contributed by atoms with Crippen molar-refractivity contribution in [1.82, 2.24) is 14.1 Å². The van der Waals surface area contributed by atoms with Gasteiger partial charge in [0.05, 0.1) is 12.2 Å². The lowest BCUT2D eigenvalue weighted by atomic mass is 10.1. The van der Waals surface area contributed by atoms with Crippen molar-refractivity contribution in [2.45, 2.75) is 26.4 Å². The Balaban J connectivity index is 2.48. The predicted octanol–water partition coefficient (Wildman–Crippen LogP) is 0.769. The minimum absolute atomic E-state index is 0.0445. The standard InChI is InChI=1S/C12H13N3O2/c1-7(2)9-6-14-10(16)4-3-8-12(14)15(9)11(17)5-13-8/h3-5,7,9H,6H2,1-2H3. The van der Waals surface area contributed by atoms with Crippen LogP contribution < -0.4 is 11.1 Å². The fourth-order valence-corrected chi connectivity index (χ4v) is 2.48. The topological polar surface area (TPSA) is 56.9 Å². The van der Waals surface area contributed by atoms with E-state index in [-0.39, 0.29) is 17.2 Å². The fraction of sp³-hybridized carbons (Fsp3) is 0.417. The third-order valence-electron chi connectivity index (χ3n) is 3.39. The van der Waals surface area contributed by atoms with E-state index < -0.39 is 0 Å². The average molecular weight is 231 g/mol.